The second kappa shape index (κ2) is 11.6. The maximum Gasteiger partial charge on any atom is 0.407 e. The van der Waals surface area contributed by atoms with Crippen molar-refractivity contribution in [1.82, 2.24) is 15.2 Å². The molecule has 2 heterocycles. The highest BCUT2D eigenvalue weighted by Crippen LogP contribution is 2.34. The van der Waals surface area contributed by atoms with Gasteiger partial charge >= 0.3 is 6.09 Å². The summed E-state index contributed by atoms with van der Waals surface area (Å²) in [6, 6.07) is 6.29. The van der Waals surface area contributed by atoms with E-state index in [4.69, 9.17) is 9.47 Å². The number of nitrogens with one attached hydrogen (secondary N) is 2. The van der Waals surface area contributed by atoms with Crippen molar-refractivity contribution in [3.8, 4) is 5.75 Å². The Kier molecular flexibility index (Phi) is 8.85. The Morgan fingerprint density at radius 2 is 1.84 bits per heavy atom. The predicted octanol–water partition coefficient (Wildman–Crippen LogP) is 5.83. The number of carbonyl (C=O) groups excluding carboxylic acids is 1. The van der Waals surface area contributed by atoms with E-state index in [2.05, 4.69) is 33.5 Å². The van der Waals surface area contributed by atoms with Gasteiger partial charge < -0.3 is 24.7 Å². The summed E-state index contributed by atoms with van der Waals surface area (Å²) >= 11 is 0. The first kappa shape index (κ1) is 24.4. The van der Waals surface area contributed by atoms with Crippen molar-refractivity contribution in [2.24, 2.45) is 0 Å². The molecule has 0 bridgehead atoms. The molecule has 3 rings (SSSR count). The third-order valence-corrected chi connectivity index (χ3v) is 6.27. The Balaban J connectivity index is 1.27. The number of amides is 1. The lowest BCUT2D eigenvalue weighted by Crippen LogP contribution is -2.33. The molecule has 0 radical (unpaired) electrons. The number of hydrogen-bond acceptors (Lipinski definition) is 4. The van der Waals surface area contributed by atoms with Crippen molar-refractivity contribution in [1.29, 1.82) is 0 Å². The quantitative estimate of drug-likeness (QED) is 0.453. The molecule has 178 valence electrons. The molecule has 6 nitrogen and oxygen atoms in total. The summed E-state index contributed by atoms with van der Waals surface area (Å²) in [6.45, 7) is 9.91. The van der Waals surface area contributed by atoms with E-state index in [0.717, 1.165) is 18.6 Å². The molecule has 1 aliphatic heterocycles. The van der Waals surface area contributed by atoms with Crippen LogP contribution in [-0.2, 0) is 4.74 Å². The number of piperidine rings is 1. The standard InChI is InChI=1S/C26H41N3O3/c1-26(2,3)32-25(30)27-14-8-6-5-7-9-15-29-16-12-20(13-17-29)23-19-28-24-11-10-21(31-4)18-22(23)24/h10-11,18-20,28H,5-9,12-17H2,1-4H3,(H,27,30). The predicted molar refractivity (Wildman–Crippen MR) is 131 cm³/mol. The third kappa shape index (κ3) is 7.44. The van der Waals surface area contributed by atoms with Crippen LogP contribution in [0.15, 0.2) is 24.4 Å². The van der Waals surface area contributed by atoms with Crippen molar-refractivity contribution in [3.63, 3.8) is 0 Å². The van der Waals surface area contributed by atoms with Crippen LogP contribution in [0.4, 0.5) is 4.79 Å². The minimum atomic E-state index is -0.429. The van der Waals surface area contributed by atoms with Gasteiger partial charge in [0.1, 0.15) is 11.4 Å². The maximum atomic E-state index is 11.6. The van der Waals surface area contributed by atoms with Gasteiger partial charge in [0.15, 0.2) is 0 Å². The Morgan fingerprint density at radius 1 is 1.12 bits per heavy atom. The van der Waals surface area contributed by atoms with Gasteiger partial charge in [-0.25, -0.2) is 4.79 Å². The van der Waals surface area contributed by atoms with Crippen LogP contribution in [0, 0.1) is 0 Å². The van der Waals surface area contributed by atoms with Crippen LogP contribution in [0.25, 0.3) is 10.9 Å². The van der Waals surface area contributed by atoms with Gasteiger partial charge in [-0.1, -0.05) is 19.3 Å². The first-order valence-electron chi connectivity index (χ1n) is 12.2. The fourth-order valence-corrected chi connectivity index (χ4v) is 4.55. The molecule has 32 heavy (non-hydrogen) atoms. The number of hydrogen-bond donors (Lipinski definition) is 2. The molecule has 2 aromatic rings. The number of carbonyl (C=O) groups is 1. The number of unbranched alkanes of at least 4 members (excludes halogenated alkanes) is 4. The van der Waals surface area contributed by atoms with Gasteiger partial charge in [0.05, 0.1) is 7.11 Å². The monoisotopic (exact) mass is 443 g/mol. The van der Waals surface area contributed by atoms with E-state index in [1.54, 1.807) is 7.11 Å². The summed E-state index contributed by atoms with van der Waals surface area (Å²) in [6.07, 6.45) is 10.2. The van der Waals surface area contributed by atoms with E-state index in [9.17, 15) is 4.79 Å². The highest BCUT2D eigenvalue weighted by molar-refractivity contribution is 5.85. The van der Waals surface area contributed by atoms with E-state index < -0.39 is 5.60 Å². The number of fused-ring (bicyclic) bond motifs is 1. The molecule has 1 saturated heterocycles. The van der Waals surface area contributed by atoms with Crippen LogP contribution >= 0.6 is 0 Å². The minimum absolute atomic E-state index is 0.312. The fourth-order valence-electron chi connectivity index (χ4n) is 4.55. The molecular formula is C26H41N3O3. The van der Waals surface area contributed by atoms with E-state index in [1.165, 1.54) is 68.2 Å². The Bertz CT molecular complexity index is 848. The average molecular weight is 444 g/mol. The summed E-state index contributed by atoms with van der Waals surface area (Å²) < 4.78 is 10.7. The second-order valence-corrected chi connectivity index (χ2v) is 9.97. The van der Waals surface area contributed by atoms with Crippen molar-refractivity contribution < 1.29 is 14.3 Å². The van der Waals surface area contributed by atoms with Crippen LogP contribution in [0.3, 0.4) is 0 Å². The molecule has 0 saturated carbocycles. The molecule has 1 aliphatic rings. The van der Waals surface area contributed by atoms with Gasteiger partial charge in [-0.15, -0.1) is 0 Å². The van der Waals surface area contributed by atoms with E-state index in [-0.39, 0.29) is 6.09 Å². The topological polar surface area (TPSA) is 66.6 Å². The first-order chi connectivity index (χ1) is 15.4. The van der Waals surface area contributed by atoms with Gasteiger partial charge in [-0.05, 0) is 95.8 Å². The maximum absolute atomic E-state index is 11.6. The zero-order valence-corrected chi connectivity index (χ0v) is 20.3. The number of aromatic amines is 1. The lowest BCUT2D eigenvalue weighted by atomic mass is 9.89. The minimum Gasteiger partial charge on any atom is -0.497 e. The lowest BCUT2D eigenvalue weighted by Gasteiger charge is -2.32. The first-order valence-corrected chi connectivity index (χ1v) is 12.2. The van der Waals surface area contributed by atoms with E-state index in [1.807, 2.05) is 26.8 Å². The molecule has 1 fully saturated rings. The Labute approximate surface area is 193 Å². The number of alkyl carbamates (subject to hydrolysis) is 1. The zero-order chi connectivity index (χ0) is 23.0. The summed E-state index contributed by atoms with van der Waals surface area (Å²) in [5.41, 5.74) is 2.21. The smallest absolute Gasteiger partial charge is 0.407 e. The largest absolute Gasteiger partial charge is 0.497 e. The van der Waals surface area contributed by atoms with Gasteiger partial charge in [-0.3, -0.25) is 0 Å². The summed E-state index contributed by atoms with van der Waals surface area (Å²) in [5, 5.41) is 4.15. The number of aromatic nitrogens is 1. The average Bonchev–Trinajstić information content (AvgIpc) is 3.18. The molecule has 1 amide bonds. The van der Waals surface area contributed by atoms with E-state index in [0.29, 0.717) is 12.5 Å². The van der Waals surface area contributed by atoms with Crippen LogP contribution < -0.4 is 10.1 Å². The highest BCUT2D eigenvalue weighted by atomic mass is 16.6. The van der Waals surface area contributed by atoms with Gasteiger partial charge in [-0.2, -0.15) is 0 Å². The molecule has 0 atom stereocenters. The molecule has 0 spiro atoms. The Morgan fingerprint density at radius 3 is 2.56 bits per heavy atom. The number of rotatable bonds is 10. The summed E-state index contributed by atoms with van der Waals surface area (Å²) in [5.74, 6) is 1.56. The van der Waals surface area contributed by atoms with Crippen LogP contribution in [0.5, 0.6) is 5.75 Å². The SMILES string of the molecule is COc1ccc2[nH]cc(C3CCN(CCCCCCCNC(=O)OC(C)(C)C)CC3)c2c1. The number of nitrogens with zero attached hydrogens (tertiary/aromatic N) is 1. The fraction of sp³-hybridized carbons (Fsp3) is 0.654. The highest BCUT2D eigenvalue weighted by Gasteiger charge is 2.22. The van der Waals surface area contributed by atoms with Gasteiger partial charge in [0.2, 0.25) is 0 Å². The molecule has 0 unspecified atom stereocenters. The van der Waals surface area contributed by atoms with Crippen LogP contribution in [-0.4, -0.2) is 54.9 Å². The molecular weight excluding hydrogens is 402 g/mol. The molecule has 6 heteroatoms. The van der Waals surface area contributed by atoms with Crippen LogP contribution in [0.1, 0.15) is 77.2 Å². The number of H-pyrrole nitrogens is 1. The molecule has 1 aromatic carbocycles. The lowest BCUT2D eigenvalue weighted by molar-refractivity contribution is 0.0527. The van der Waals surface area contributed by atoms with Crippen molar-refractivity contribution >= 4 is 17.0 Å². The summed E-state index contributed by atoms with van der Waals surface area (Å²) in [4.78, 5) is 17.7. The number of ether oxygens (including phenoxy) is 2. The molecule has 2 N–H and O–H groups in total. The normalized spacial score (nSPS) is 15.8. The molecule has 0 aliphatic carbocycles. The van der Waals surface area contributed by atoms with Crippen molar-refractivity contribution in [3.05, 3.63) is 30.0 Å². The second-order valence-electron chi connectivity index (χ2n) is 9.97. The Hall–Kier alpha value is -2.21. The summed E-state index contributed by atoms with van der Waals surface area (Å²) in [7, 11) is 1.73. The number of benzene rings is 1. The van der Waals surface area contributed by atoms with Crippen molar-refractivity contribution in [2.75, 3.05) is 33.3 Å². The van der Waals surface area contributed by atoms with Gasteiger partial charge in [0, 0.05) is 23.6 Å². The van der Waals surface area contributed by atoms with E-state index >= 15 is 0 Å². The molecule has 1 aromatic heterocycles. The number of likely N-dealkylation sites (tertiary alicyclic amines) is 1. The van der Waals surface area contributed by atoms with Crippen molar-refractivity contribution in [2.45, 2.75) is 77.2 Å². The number of methoxy groups -OCH3 is 1. The third-order valence-electron chi connectivity index (χ3n) is 6.27. The van der Waals surface area contributed by atoms with Crippen LogP contribution in [0.2, 0.25) is 0 Å². The van der Waals surface area contributed by atoms with Gasteiger partial charge in [0.25, 0.3) is 0 Å². The zero-order valence-electron chi connectivity index (χ0n) is 20.3.